The molecule has 2 aliphatic rings. The van der Waals surface area contributed by atoms with Crippen LogP contribution in [0.1, 0.15) is 52.9 Å². The maximum atomic E-state index is 14.6. The van der Waals surface area contributed by atoms with E-state index in [1.807, 2.05) is 6.07 Å². The van der Waals surface area contributed by atoms with Crippen LogP contribution in [0.3, 0.4) is 0 Å². The second kappa shape index (κ2) is 19.3. The summed E-state index contributed by atoms with van der Waals surface area (Å²) in [6.07, 6.45) is 6.74. The molecule has 8 rings (SSSR count). The fraction of sp³-hybridized carbons (Fsp3) is 0.283. The van der Waals surface area contributed by atoms with Gasteiger partial charge in [-0.3, -0.25) is 29.3 Å². The average Bonchev–Trinajstić information content (AvgIpc) is 4.03. The second-order valence-electron chi connectivity index (χ2n) is 15.2. The summed E-state index contributed by atoms with van der Waals surface area (Å²) in [5.74, 6) is 3.15. The van der Waals surface area contributed by atoms with Gasteiger partial charge in [-0.25, -0.2) is 13.5 Å². The van der Waals surface area contributed by atoms with Gasteiger partial charge in [0.2, 0.25) is 17.7 Å². The number of ether oxygens (including phenoxy) is 3. The van der Waals surface area contributed by atoms with Gasteiger partial charge in [0.1, 0.15) is 29.7 Å². The molecule has 3 aromatic heterocycles. The van der Waals surface area contributed by atoms with Crippen LogP contribution in [0.5, 0.6) is 11.5 Å². The lowest BCUT2D eigenvalue weighted by atomic mass is 10.0. The Kier molecular flexibility index (Phi) is 13.0. The third-order valence-electron chi connectivity index (χ3n) is 10.8. The summed E-state index contributed by atoms with van der Waals surface area (Å²) in [6.45, 7) is 1.87. The number of hydrogen-bond acceptors (Lipinski definition) is 10. The van der Waals surface area contributed by atoms with Crippen molar-refractivity contribution < 1.29 is 42.2 Å². The van der Waals surface area contributed by atoms with Crippen LogP contribution in [0.25, 0.3) is 22.0 Å². The van der Waals surface area contributed by atoms with E-state index in [0.29, 0.717) is 90.2 Å². The fourth-order valence-electron chi connectivity index (χ4n) is 7.62. The van der Waals surface area contributed by atoms with Crippen LogP contribution in [0, 0.1) is 23.5 Å². The van der Waals surface area contributed by atoms with Gasteiger partial charge in [-0.1, -0.05) is 23.1 Å². The number of halogens is 2. The van der Waals surface area contributed by atoms with E-state index in [-0.39, 0.29) is 60.8 Å². The first kappa shape index (κ1) is 43.2. The standard InChI is InChI=1S/C46H42F2N8O8/c1-54-26-36(32-16-17-49-43(32)46(54)61)34-24-30(11-14-39(34)64-40-13-10-29(47)23-37(40)48)50-41(57)9-3-7-31-25-55(53-52-31)18-20-63-22-21-62-19-4-6-28-5-2-8-33-35(28)27-56(45(33)60)38-12-15-42(58)51-44(38)59/h2,5,8,10-11,13-14,16-17,23-26,38,49H,3,7,9,12,15,18-22,27H2,1H3,(H,50,57)(H,51,58,59). The van der Waals surface area contributed by atoms with E-state index in [1.54, 1.807) is 66.7 Å². The summed E-state index contributed by atoms with van der Waals surface area (Å²) >= 11 is 0. The Hall–Kier alpha value is -7.49. The molecular weight excluding hydrogens is 831 g/mol. The molecule has 0 saturated carbocycles. The fourth-order valence-corrected chi connectivity index (χ4v) is 7.62. The Morgan fingerprint density at radius 3 is 2.64 bits per heavy atom. The lowest BCUT2D eigenvalue weighted by Gasteiger charge is -2.29. The number of fused-ring (bicyclic) bond motifs is 2. The van der Waals surface area contributed by atoms with Gasteiger partial charge in [-0.15, -0.1) is 5.10 Å². The minimum atomic E-state index is -0.885. The number of anilines is 1. The number of rotatable bonds is 16. The highest BCUT2D eigenvalue weighted by molar-refractivity contribution is 6.05. The van der Waals surface area contributed by atoms with Crippen LogP contribution in [0.4, 0.5) is 14.5 Å². The van der Waals surface area contributed by atoms with E-state index in [0.717, 1.165) is 17.7 Å². The molecule has 0 aliphatic carbocycles. The summed E-state index contributed by atoms with van der Waals surface area (Å²) in [7, 11) is 1.61. The molecule has 3 aromatic carbocycles. The SMILES string of the molecule is Cn1cc(-c2cc(NC(=O)CCCc3cn(CCOCCOCC#Cc4cccc5c4CN(C4CCC(=O)NC4=O)C5=O)nn3)ccc2Oc2ccc(F)cc2F)c2cc[nH]c2c1=O. The molecule has 64 heavy (non-hydrogen) atoms. The minimum absolute atomic E-state index is 0.153. The van der Waals surface area contributed by atoms with Crippen molar-refractivity contribution in [2.24, 2.45) is 7.05 Å². The number of H-pyrrole nitrogens is 1. The van der Waals surface area contributed by atoms with E-state index in [4.69, 9.17) is 14.2 Å². The number of amides is 4. The number of aromatic nitrogens is 5. The molecule has 1 unspecified atom stereocenters. The lowest BCUT2D eigenvalue weighted by molar-refractivity contribution is -0.137. The van der Waals surface area contributed by atoms with E-state index >= 15 is 0 Å². The maximum absolute atomic E-state index is 14.6. The zero-order valence-corrected chi connectivity index (χ0v) is 34.6. The molecule has 6 aromatic rings. The second-order valence-corrected chi connectivity index (χ2v) is 15.2. The van der Waals surface area contributed by atoms with Crippen molar-refractivity contribution >= 4 is 40.2 Å². The Labute approximate surface area is 364 Å². The Balaban J connectivity index is 0.768. The molecule has 2 aliphatic heterocycles. The predicted molar refractivity (Wildman–Crippen MR) is 228 cm³/mol. The van der Waals surface area contributed by atoms with E-state index in [9.17, 15) is 32.8 Å². The maximum Gasteiger partial charge on any atom is 0.274 e. The molecule has 1 atom stereocenters. The monoisotopic (exact) mass is 872 g/mol. The van der Waals surface area contributed by atoms with E-state index < -0.39 is 23.6 Å². The molecular formula is C46H42F2N8O8. The molecule has 0 bridgehead atoms. The van der Waals surface area contributed by atoms with Crippen molar-refractivity contribution in [2.75, 3.05) is 31.7 Å². The van der Waals surface area contributed by atoms with Crippen molar-refractivity contribution in [3.05, 3.63) is 124 Å². The van der Waals surface area contributed by atoms with Crippen molar-refractivity contribution in [2.45, 2.75) is 51.2 Å². The Morgan fingerprint density at radius 1 is 0.953 bits per heavy atom. The van der Waals surface area contributed by atoms with E-state index in [1.165, 1.54) is 15.5 Å². The number of carbonyl (C=O) groups is 4. The van der Waals surface area contributed by atoms with Crippen molar-refractivity contribution in [1.29, 1.82) is 0 Å². The average molecular weight is 873 g/mol. The number of nitrogens with zero attached hydrogens (tertiary/aromatic N) is 5. The predicted octanol–water partition coefficient (Wildman–Crippen LogP) is 5.00. The number of hydrogen-bond donors (Lipinski definition) is 3. The van der Waals surface area contributed by atoms with Crippen LogP contribution in [0.15, 0.2) is 84.0 Å². The van der Waals surface area contributed by atoms with Gasteiger partial charge in [-0.2, -0.15) is 0 Å². The number of aromatic amines is 1. The number of pyridine rings is 1. The molecule has 5 heterocycles. The highest BCUT2D eigenvalue weighted by Crippen LogP contribution is 2.39. The summed E-state index contributed by atoms with van der Waals surface area (Å²) in [4.78, 5) is 67.3. The number of benzene rings is 3. The first-order chi connectivity index (χ1) is 31.0. The zero-order chi connectivity index (χ0) is 44.7. The molecule has 1 saturated heterocycles. The quantitative estimate of drug-likeness (QED) is 0.0678. The topological polar surface area (TPSA) is 192 Å². The number of nitrogens with one attached hydrogen (secondary N) is 3. The lowest BCUT2D eigenvalue weighted by Crippen LogP contribution is -2.52. The van der Waals surface area contributed by atoms with Crippen LogP contribution >= 0.6 is 0 Å². The normalized spacial score (nSPS) is 14.6. The van der Waals surface area contributed by atoms with Gasteiger partial charge in [0.05, 0.1) is 32.1 Å². The summed E-state index contributed by atoms with van der Waals surface area (Å²) in [6, 6.07) is 14.2. The zero-order valence-electron chi connectivity index (χ0n) is 34.6. The van der Waals surface area contributed by atoms with Gasteiger partial charge < -0.3 is 34.0 Å². The van der Waals surface area contributed by atoms with Gasteiger partial charge >= 0.3 is 0 Å². The van der Waals surface area contributed by atoms with Crippen LogP contribution in [-0.4, -0.2) is 85.5 Å². The van der Waals surface area contributed by atoms with Crippen LogP contribution in [-0.2, 0) is 50.4 Å². The molecule has 0 spiro atoms. The molecule has 0 radical (unpaired) electrons. The molecule has 328 valence electrons. The smallest absolute Gasteiger partial charge is 0.274 e. The number of aryl methyl sites for hydroxylation is 2. The molecule has 3 N–H and O–H groups in total. The molecule has 1 fully saturated rings. The first-order valence-electron chi connectivity index (χ1n) is 20.6. The Morgan fingerprint density at radius 2 is 1.80 bits per heavy atom. The first-order valence-corrected chi connectivity index (χ1v) is 20.6. The van der Waals surface area contributed by atoms with Crippen molar-refractivity contribution in [3.63, 3.8) is 0 Å². The summed E-state index contributed by atoms with van der Waals surface area (Å²) < 4.78 is 48.5. The van der Waals surface area contributed by atoms with Gasteiger partial charge in [0.25, 0.3) is 11.5 Å². The van der Waals surface area contributed by atoms with Gasteiger partial charge in [0.15, 0.2) is 11.6 Å². The largest absolute Gasteiger partial charge is 0.454 e. The third-order valence-corrected chi connectivity index (χ3v) is 10.8. The van der Waals surface area contributed by atoms with Crippen molar-refractivity contribution in [3.8, 4) is 34.5 Å². The van der Waals surface area contributed by atoms with Crippen molar-refractivity contribution in [1.82, 2.24) is 34.8 Å². The number of piperidine rings is 1. The van der Waals surface area contributed by atoms with Crippen LogP contribution in [0.2, 0.25) is 0 Å². The minimum Gasteiger partial charge on any atom is -0.454 e. The van der Waals surface area contributed by atoms with Gasteiger partial charge in [-0.05, 0) is 73.4 Å². The molecule has 4 amide bonds. The highest BCUT2D eigenvalue weighted by Gasteiger charge is 2.39. The summed E-state index contributed by atoms with van der Waals surface area (Å²) in [5.41, 5.74) is 4.27. The van der Waals surface area contributed by atoms with Crippen LogP contribution < -0.4 is 20.9 Å². The molecule has 18 heteroatoms. The molecule has 16 nitrogen and oxygen atoms in total. The van der Waals surface area contributed by atoms with E-state index in [2.05, 4.69) is 37.8 Å². The number of imide groups is 1. The highest BCUT2D eigenvalue weighted by atomic mass is 19.1. The third kappa shape index (κ3) is 9.75. The van der Waals surface area contributed by atoms with Gasteiger partial charge in [0, 0.05) is 84.4 Å². The Bertz CT molecular complexity index is 2900. The summed E-state index contributed by atoms with van der Waals surface area (Å²) in [5, 5.41) is 14.2. The number of carbonyl (C=O) groups excluding carboxylic acids is 4.